The monoisotopic (exact) mass is 500 g/mol. The number of thiocarbonyl (C=S) groups is 1. The van der Waals surface area contributed by atoms with E-state index in [0.29, 0.717) is 29.9 Å². The molecule has 1 unspecified atom stereocenters. The summed E-state index contributed by atoms with van der Waals surface area (Å²) < 4.78 is 19.3. The number of benzene rings is 1. The summed E-state index contributed by atoms with van der Waals surface area (Å²) in [5, 5.41) is 3.77. The predicted molar refractivity (Wildman–Crippen MR) is 132 cm³/mol. The molecule has 1 aromatic carbocycles. The van der Waals surface area contributed by atoms with Crippen molar-refractivity contribution in [1.82, 2.24) is 20.7 Å². The molecule has 3 N–H and O–H groups in total. The van der Waals surface area contributed by atoms with E-state index in [1.165, 1.54) is 24.3 Å². The highest BCUT2D eigenvalue weighted by molar-refractivity contribution is 7.80. The molecule has 0 saturated carbocycles. The van der Waals surface area contributed by atoms with E-state index in [9.17, 15) is 9.18 Å². The third-order valence-electron chi connectivity index (χ3n) is 5.60. The first kappa shape index (κ1) is 23.7. The number of hydrogen-bond donors (Lipinski definition) is 3. The number of rotatable bonds is 4. The second-order valence-electron chi connectivity index (χ2n) is 7.59. The fraction of sp³-hybridized carbons (Fsp3) is 0.217. The second kappa shape index (κ2) is 10.2. The van der Waals surface area contributed by atoms with Gasteiger partial charge in [0, 0.05) is 25.0 Å². The fourth-order valence-electron chi connectivity index (χ4n) is 3.84. The molecule has 0 aliphatic heterocycles. The molecule has 3 aromatic rings. The molecule has 0 saturated heterocycles. The van der Waals surface area contributed by atoms with E-state index in [0.717, 1.165) is 16.7 Å². The normalized spacial score (nSPS) is 14.2. The topological polar surface area (TPSA) is 91.4 Å². The Morgan fingerprint density at radius 2 is 2.09 bits per heavy atom. The standard InChI is InChI=1S/C23H22ClFN6O2S/c1-31(23(32)33-2)14-10-18(24)21(27-11-14)29-30-22(34)28-20-16-4-3-5-19(25)15(16)7-6-13-8-9-26-12-17(13)20/h3-5,8-12,20H,6-7H2,1-2H3,(H,27,29)(H2,28,30,34). The molecule has 1 aliphatic carbocycles. The van der Waals surface area contributed by atoms with Crippen LogP contribution >= 0.6 is 23.8 Å². The van der Waals surface area contributed by atoms with E-state index in [2.05, 4.69) is 30.9 Å². The molecule has 1 atom stereocenters. The minimum atomic E-state index is -0.544. The Morgan fingerprint density at radius 3 is 2.85 bits per heavy atom. The molecule has 4 rings (SSSR count). The van der Waals surface area contributed by atoms with Gasteiger partial charge in [-0.1, -0.05) is 23.7 Å². The van der Waals surface area contributed by atoms with Crippen molar-refractivity contribution in [1.29, 1.82) is 0 Å². The number of fused-ring (bicyclic) bond motifs is 2. The summed E-state index contributed by atoms with van der Waals surface area (Å²) in [6, 6.07) is 8.17. The van der Waals surface area contributed by atoms with Crippen LogP contribution in [0, 0.1) is 5.82 Å². The average molecular weight is 501 g/mol. The van der Waals surface area contributed by atoms with Crippen LogP contribution in [0.5, 0.6) is 0 Å². The van der Waals surface area contributed by atoms with Crippen LogP contribution in [0.3, 0.4) is 0 Å². The number of nitrogens with zero attached hydrogens (tertiary/aromatic N) is 3. The van der Waals surface area contributed by atoms with Gasteiger partial charge in [-0.15, -0.1) is 0 Å². The summed E-state index contributed by atoms with van der Waals surface area (Å²) in [6.07, 6.45) is 5.72. The minimum Gasteiger partial charge on any atom is -0.452 e. The second-order valence-corrected chi connectivity index (χ2v) is 8.41. The fourth-order valence-corrected chi connectivity index (χ4v) is 4.22. The first-order chi connectivity index (χ1) is 16.4. The lowest BCUT2D eigenvalue weighted by Gasteiger charge is -2.24. The average Bonchev–Trinajstić information content (AvgIpc) is 3.00. The molecule has 0 radical (unpaired) electrons. The Labute approximate surface area is 206 Å². The number of nitrogens with one attached hydrogen (secondary N) is 3. The highest BCUT2D eigenvalue weighted by Crippen LogP contribution is 2.33. The van der Waals surface area contributed by atoms with Crippen molar-refractivity contribution in [2.24, 2.45) is 0 Å². The van der Waals surface area contributed by atoms with Crippen LogP contribution in [-0.2, 0) is 17.6 Å². The van der Waals surface area contributed by atoms with Crippen LogP contribution in [0.2, 0.25) is 5.02 Å². The Kier molecular flexibility index (Phi) is 7.09. The summed E-state index contributed by atoms with van der Waals surface area (Å²) in [4.78, 5) is 21.5. The van der Waals surface area contributed by atoms with Gasteiger partial charge in [0.05, 0.1) is 30.1 Å². The molecule has 1 aliphatic rings. The van der Waals surface area contributed by atoms with Gasteiger partial charge in [0.15, 0.2) is 10.9 Å². The number of ether oxygens (including phenoxy) is 1. The van der Waals surface area contributed by atoms with E-state index in [1.54, 1.807) is 31.6 Å². The predicted octanol–water partition coefficient (Wildman–Crippen LogP) is 4.15. The molecule has 1 amide bonds. The Morgan fingerprint density at radius 1 is 1.26 bits per heavy atom. The van der Waals surface area contributed by atoms with Gasteiger partial charge < -0.3 is 10.1 Å². The van der Waals surface area contributed by atoms with Gasteiger partial charge in [0.2, 0.25) is 0 Å². The number of aromatic nitrogens is 2. The number of pyridine rings is 2. The molecule has 11 heteroatoms. The first-order valence-electron chi connectivity index (χ1n) is 10.4. The number of halogens is 2. The maximum atomic E-state index is 14.6. The quantitative estimate of drug-likeness (QED) is 0.363. The summed E-state index contributed by atoms with van der Waals surface area (Å²) in [6.45, 7) is 0. The molecular weight excluding hydrogens is 479 g/mol. The van der Waals surface area contributed by atoms with Crippen LogP contribution < -0.4 is 21.1 Å². The van der Waals surface area contributed by atoms with Crippen LogP contribution in [0.25, 0.3) is 0 Å². The summed E-state index contributed by atoms with van der Waals surface area (Å²) >= 11 is 11.8. The number of carbonyl (C=O) groups is 1. The number of hydrazine groups is 1. The number of hydrogen-bond acceptors (Lipinski definition) is 6. The van der Waals surface area contributed by atoms with E-state index >= 15 is 0 Å². The molecule has 2 aromatic heterocycles. The van der Waals surface area contributed by atoms with Crippen molar-refractivity contribution < 1.29 is 13.9 Å². The third kappa shape index (κ3) is 4.87. The van der Waals surface area contributed by atoms with Crippen LogP contribution in [-0.4, -0.2) is 35.3 Å². The van der Waals surface area contributed by atoms with Gasteiger partial charge in [-0.3, -0.25) is 20.7 Å². The van der Waals surface area contributed by atoms with Crippen molar-refractivity contribution in [2.45, 2.75) is 18.9 Å². The van der Waals surface area contributed by atoms with E-state index in [4.69, 9.17) is 23.8 Å². The van der Waals surface area contributed by atoms with Crippen molar-refractivity contribution >= 4 is 46.5 Å². The lowest BCUT2D eigenvalue weighted by Crippen LogP contribution is -2.41. The lowest BCUT2D eigenvalue weighted by molar-refractivity contribution is 0.180. The van der Waals surface area contributed by atoms with Crippen LogP contribution in [0.1, 0.15) is 28.3 Å². The largest absolute Gasteiger partial charge is 0.452 e. The molecule has 0 fully saturated rings. The van der Waals surface area contributed by atoms with Crippen molar-refractivity contribution in [3.63, 3.8) is 0 Å². The smallest absolute Gasteiger partial charge is 0.413 e. The SMILES string of the molecule is COC(=O)N(C)c1cnc(NNC(=S)NC2c3cnccc3CCc3c(F)cccc32)c(Cl)c1. The number of carbonyl (C=O) groups excluding carboxylic acids is 1. The molecule has 176 valence electrons. The van der Waals surface area contributed by atoms with Crippen molar-refractivity contribution in [3.8, 4) is 0 Å². The van der Waals surface area contributed by atoms with Crippen LogP contribution in [0.4, 0.5) is 20.7 Å². The molecule has 0 bridgehead atoms. The Balaban J connectivity index is 1.51. The Bertz CT molecular complexity index is 1240. The zero-order valence-corrected chi connectivity index (χ0v) is 20.0. The Hall–Kier alpha value is -3.50. The molecule has 0 spiro atoms. The minimum absolute atomic E-state index is 0.241. The molecule has 2 heterocycles. The number of amides is 1. The number of methoxy groups -OCH3 is 1. The van der Waals surface area contributed by atoms with Crippen molar-refractivity contribution in [3.05, 3.63) is 82.0 Å². The molecule has 8 nitrogen and oxygen atoms in total. The third-order valence-corrected chi connectivity index (χ3v) is 6.11. The summed E-state index contributed by atoms with van der Waals surface area (Å²) in [5.74, 6) is 0.0669. The maximum Gasteiger partial charge on any atom is 0.413 e. The van der Waals surface area contributed by atoms with Gasteiger partial charge >= 0.3 is 6.09 Å². The first-order valence-corrected chi connectivity index (χ1v) is 11.2. The molecule has 34 heavy (non-hydrogen) atoms. The van der Waals surface area contributed by atoms with E-state index in [-0.39, 0.29) is 16.0 Å². The number of aryl methyl sites for hydroxylation is 1. The highest BCUT2D eigenvalue weighted by Gasteiger charge is 2.26. The highest BCUT2D eigenvalue weighted by atomic mass is 35.5. The van der Waals surface area contributed by atoms with Gasteiger partial charge in [-0.25, -0.2) is 14.2 Å². The zero-order chi connectivity index (χ0) is 24.2. The maximum absolute atomic E-state index is 14.6. The zero-order valence-electron chi connectivity index (χ0n) is 18.4. The lowest BCUT2D eigenvalue weighted by atomic mass is 9.96. The summed E-state index contributed by atoms with van der Waals surface area (Å²) in [5.41, 5.74) is 9.67. The van der Waals surface area contributed by atoms with E-state index < -0.39 is 12.1 Å². The van der Waals surface area contributed by atoms with Crippen LogP contribution in [0.15, 0.2) is 48.9 Å². The van der Waals surface area contributed by atoms with Gasteiger partial charge in [0.25, 0.3) is 0 Å². The van der Waals surface area contributed by atoms with E-state index in [1.807, 2.05) is 12.1 Å². The van der Waals surface area contributed by atoms with Gasteiger partial charge in [0.1, 0.15) is 5.82 Å². The number of anilines is 2. The molecular formula is C23H22ClFN6O2S. The van der Waals surface area contributed by atoms with Gasteiger partial charge in [-0.05, 0) is 59.9 Å². The summed E-state index contributed by atoms with van der Waals surface area (Å²) in [7, 11) is 2.83. The van der Waals surface area contributed by atoms with Gasteiger partial charge in [-0.2, -0.15) is 0 Å². The van der Waals surface area contributed by atoms with Crippen molar-refractivity contribution in [2.75, 3.05) is 24.5 Å².